The lowest BCUT2D eigenvalue weighted by Crippen LogP contribution is -2.31. The largest absolute Gasteiger partial charge is 0.351 e. The zero-order chi connectivity index (χ0) is 13.0. The quantitative estimate of drug-likeness (QED) is 0.814. The second-order valence-electron chi connectivity index (χ2n) is 3.81. The van der Waals surface area contributed by atoms with Gasteiger partial charge in [0.25, 0.3) is 5.91 Å². The zero-order valence-corrected chi connectivity index (χ0v) is 9.56. The monoisotopic (exact) mass is 246 g/mol. The maximum atomic E-state index is 12.8. The molecule has 0 saturated carbocycles. The van der Waals surface area contributed by atoms with Gasteiger partial charge in [-0.2, -0.15) is 0 Å². The van der Waals surface area contributed by atoms with Gasteiger partial charge in [-0.25, -0.2) is 13.2 Å². The van der Waals surface area contributed by atoms with E-state index in [2.05, 4.69) is 5.32 Å². The van der Waals surface area contributed by atoms with Crippen LogP contribution in [-0.4, -0.2) is 38.0 Å². The van der Waals surface area contributed by atoms with E-state index in [9.17, 15) is 18.0 Å². The topological polar surface area (TPSA) is 32.3 Å². The summed E-state index contributed by atoms with van der Waals surface area (Å²) >= 11 is 0. The third kappa shape index (κ3) is 3.74. The SMILES string of the molecule is CN(C)CCNC(=O)c1cc(F)c(F)c(F)c1. The second-order valence-corrected chi connectivity index (χ2v) is 3.81. The first-order chi connectivity index (χ1) is 7.91. The molecule has 0 atom stereocenters. The van der Waals surface area contributed by atoms with Crippen molar-refractivity contribution in [2.45, 2.75) is 0 Å². The highest BCUT2D eigenvalue weighted by Crippen LogP contribution is 2.13. The fraction of sp³-hybridized carbons (Fsp3) is 0.364. The van der Waals surface area contributed by atoms with Crippen LogP contribution in [0.3, 0.4) is 0 Å². The van der Waals surface area contributed by atoms with E-state index in [0.29, 0.717) is 25.2 Å². The van der Waals surface area contributed by atoms with Crippen molar-refractivity contribution in [2.24, 2.45) is 0 Å². The van der Waals surface area contributed by atoms with E-state index in [1.165, 1.54) is 0 Å². The predicted octanol–water partition coefficient (Wildman–Crippen LogP) is 1.40. The average Bonchev–Trinajstić information content (AvgIpc) is 2.24. The molecule has 1 amide bonds. The highest BCUT2D eigenvalue weighted by Gasteiger charge is 2.14. The van der Waals surface area contributed by atoms with E-state index in [-0.39, 0.29) is 5.56 Å². The van der Waals surface area contributed by atoms with E-state index in [0.717, 1.165) is 0 Å². The maximum absolute atomic E-state index is 12.8. The molecule has 0 aliphatic carbocycles. The minimum Gasteiger partial charge on any atom is -0.351 e. The number of hydrogen-bond acceptors (Lipinski definition) is 2. The predicted molar refractivity (Wildman–Crippen MR) is 57.2 cm³/mol. The number of hydrogen-bond donors (Lipinski definition) is 1. The van der Waals surface area contributed by atoms with Crippen molar-refractivity contribution in [1.82, 2.24) is 10.2 Å². The molecule has 0 spiro atoms. The second kappa shape index (κ2) is 5.67. The van der Waals surface area contributed by atoms with Crippen molar-refractivity contribution in [1.29, 1.82) is 0 Å². The molecule has 0 fully saturated rings. The number of likely N-dealkylation sites (N-methyl/N-ethyl adjacent to an activating group) is 1. The number of nitrogens with zero attached hydrogens (tertiary/aromatic N) is 1. The van der Waals surface area contributed by atoms with E-state index >= 15 is 0 Å². The molecule has 0 saturated heterocycles. The maximum Gasteiger partial charge on any atom is 0.251 e. The lowest BCUT2D eigenvalue weighted by Gasteiger charge is -2.10. The molecule has 6 heteroatoms. The first kappa shape index (κ1) is 13.5. The van der Waals surface area contributed by atoms with Gasteiger partial charge in [-0.15, -0.1) is 0 Å². The van der Waals surface area contributed by atoms with Gasteiger partial charge < -0.3 is 10.2 Å². The third-order valence-electron chi connectivity index (χ3n) is 2.09. The summed E-state index contributed by atoms with van der Waals surface area (Å²) in [5.74, 6) is -4.95. The number of amides is 1. The molecule has 0 aliphatic heterocycles. The summed E-state index contributed by atoms with van der Waals surface area (Å²) in [6, 6.07) is 1.34. The van der Waals surface area contributed by atoms with E-state index in [4.69, 9.17) is 0 Å². The van der Waals surface area contributed by atoms with Crippen LogP contribution in [0.2, 0.25) is 0 Å². The van der Waals surface area contributed by atoms with Crippen LogP contribution in [0, 0.1) is 17.5 Å². The van der Waals surface area contributed by atoms with Crippen LogP contribution < -0.4 is 5.32 Å². The van der Waals surface area contributed by atoms with Crippen molar-refractivity contribution in [3.05, 3.63) is 35.1 Å². The van der Waals surface area contributed by atoms with Crippen molar-refractivity contribution in [2.75, 3.05) is 27.2 Å². The molecule has 1 rings (SSSR count). The minimum atomic E-state index is -1.57. The highest BCUT2D eigenvalue weighted by molar-refractivity contribution is 5.94. The summed E-state index contributed by atoms with van der Waals surface area (Å²) in [7, 11) is 3.65. The van der Waals surface area contributed by atoms with Gasteiger partial charge in [0.15, 0.2) is 17.5 Å². The molecular weight excluding hydrogens is 233 g/mol. The van der Waals surface area contributed by atoms with Crippen LogP contribution in [-0.2, 0) is 0 Å². The van der Waals surface area contributed by atoms with E-state index in [1.54, 1.807) is 0 Å². The van der Waals surface area contributed by atoms with Crippen LogP contribution in [0.4, 0.5) is 13.2 Å². The van der Waals surface area contributed by atoms with Crippen molar-refractivity contribution >= 4 is 5.91 Å². The number of rotatable bonds is 4. The van der Waals surface area contributed by atoms with Gasteiger partial charge in [0, 0.05) is 18.7 Å². The number of halogens is 3. The number of nitrogens with one attached hydrogen (secondary N) is 1. The Kier molecular flexibility index (Phi) is 4.51. The summed E-state index contributed by atoms with van der Waals surface area (Å²) in [6.45, 7) is 0.935. The third-order valence-corrected chi connectivity index (χ3v) is 2.09. The molecule has 1 N–H and O–H groups in total. The smallest absolute Gasteiger partial charge is 0.251 e. The molecule has 0 unspecified atom stereocenters. The number of benzene rings is 1. The van der Waals surface area contributed by atoms with Crippen LogP contribution in [0.1, 0.15) is 10.4 Å². The average molecular weight is 246 g/mol. The van der Waals surface area contributed by atoms with E-state index in [1.807, 2.05) is 19.0 Å². The molecule has 3 nitrogen and oxygen atoms in total. The van der Waals surface area contributed by atoms with Crippen LogP contribution >= 0.6 is 0 Å². The minimum absolute atomic E-state index is 0.236. The molecule has 0 radical (unpaired) electrons. The number of carbonyl (C=O) groups is 1. The van der Waals surface area contributed by atoms with E-state index < -0.39 is 23.4 Å². The first-order valence-corrected chi connectivity index (χ1v) is 4.99. The summed E-state index contributed by atoms with van der Waals surface area (Å²) < 4.78 is 38.3. The Labute approximate surface area is 97.2 Å². The fourth-order valence-electron chi connectivity index (χ4n) is 1.18. The van der Waals surface area contributed by atoms with Gasteiger partial charge >= 0.3 is 0 Å². The van der Waals surface area contributed by atoms with Crippen LogP contribution in [0.15, 0.2) is 12.1 Å². The molecule has 1 aromatic rings. The van der Waals surface area contributed by atoms with Gasteiger partial charge in [-0.05, 0) is 26.2 Å². The van der Waals surface area contributed by atoms with Crippen molar-refractivity contribution < 1.29 is 18.0 Å². The Balaban J connectivity index is 2.70. The highest BCUT2D eigenvalue weighted by atomic mass is 19.2. The fourth-order valence-corrected chi connectivity index (χ4v) is 1.18. The first-order valence-electron chi connectivity index (χ1n) is 4.99. The molecule has 0 heterocycles. The lowest BCUT2D eigenvalue weighted by molar-refractivity contribution is 0.0950. The Morgan fingerprint density at radius 1 is 1.24 bits per heavy atom. The summed E-state index contributed by atoms with van der Waals surface area (Å²) in [6.07, 6.45) is 0. The Hall–Kier alpha value is -1.56. The van der Waals surface area contributed by atoms with Gasteiger partial charge in [-0.3, -0.25) is 4.79 Å². The molecule has 1 aromatic carbocycles. The summed E-state index contributed by atoms with van der Waals surface area (Å²) in [4.78, 5) is 13.3. The van der Waals surface area contributed by atoms with Gasteiger partial charge in [0.05, 0.1) is 0 Å². The molecule has 0 aromatic heterocycles. The summed E-state index contributed by atoms with van der Waals surface area (Å²) in [5, 5.41) is 2.47. The number of carbonyl (C=O) groups excluding carboxylic acids is 1. The molecule has 0 aliphatic rings. The van der Waals surface area contributed by atoms with Crippen LogP contribution in [0.5, 0.6) is 0 Å². The standard InChI is InChI=1S/C11H13F3N2O/c1-16(2)4-3-15-11(17)7-5-8(12)10(14)9(13)6-7/h5-6H,3-4H2,1-2H3,(H,15,17). The molecule has 17 heavy (non-hydrogen) atoms. The van der Waals surface area contributed by atoms with Crippen LogP contribution in [0.25, 0.3) is 0 Å². The normalized spacial score (nSPS) is 10.7. The Morgan fingerprint density at radius 3 is 2.24 bits per heavy atom. The Morgan fingerprint density at radius 2 is 1.76 bits per heavy atom. The summed E-state index contributed by atoms with van der Waals surface area (Å²) in [5.41, 5.74) is -0.236. The van der Waals surface area contributed by atoms with Gasteiger partial charge in [-0.1, -0.05) is 0 Å². The lowest BCUT2D eigenvalue weighted by atomic mass is 10.2. The van der Waals surface area contributed by atoms with Crippen molar-refractivity contribution in [3.63, 3.8) is 0 Å². The van der Waals surface area contributed by atoms with Crippen molar-refractivity contribution in [3.8, 4) is 0 Å². The molecule has 94 valence electrons. The zero-order valence-electron chi connectivity index (χ0n) is 9.56. The van der Waals surface area contributed by atoms with Gasteiger partial charge in [0.1, 0.15) is 0 Å². The Bertz CT molecular complexity index is 398. The molecular formula is C11H13F3N2O. The molecule has 0 bridgehead atoms. The van der Waals surface area contributed by atoms with Gasteiger partial charge in [0.2, 0.25) is 0 Å².